The second-order valence-corrected chi connectivity index (χ2v) is 5.27. The largest absolute Gasteiger partial charge is 0.381 e. The molecule has 0 spiro atoms. The first-order valence-corrected chi connectivity index (χ1v) is 6.58. The molecule has 0 radical (unpaired) electrons. The fourth-order valence-electron chi connectivity index (χ4n) is 2.30. The summed E-state index contributed by atoms with van der Waals surface area (Å²) >= 11 is 3.46. The molecule has 16 heavy (non-hydrogen) atoms. The van der Waals surface area contributed by atoms with E-state index in [-0.39, 0.29) is 0 Å². The van der Waals surface area contributed by atoms with Gasteiger partial charge in [-0.3, -0.25) is 0 Å². The fraction of sp³-hybridized carbons (Fsp3) is 0.538. The third-order valence-electron chi connectivity index (χ3n) is 3.26. The normalized spacial score (nSPS) is 25.6. The summed E-state index contributed by atoms with van der Waals surface area (Å²) in [6.07, 6.45) is 2.22. The van der Waals surface area contributed by atoms with Crippen LogP contribution in [-0.4, -0.2) is 26.3 Å². The van der Waals surface area contributed by atoms with Crippen LogP contribution in [0.2, 0.25) is 0 Å². The average Bonchev–Trinajstić information content (AvgIpc) is 2.33. The molecule has 0 amide bonds. The van der Waals surface area contributed by atoms with E-state index in [2.05, 4.69) is 45.5 Å². The van der Waals surface area contributed by atoms with Crippen LogP contribution in [0, 0.1) is 5.92 Å². The van der Waals surface area contributed by atoms with E-state index in [1.165, 1.54) is 5.56 Å². The van der Waals surface area contributed by atoms with Crippen molar-refractivity contribution >= 4 is 15.9 Å². The highest BCUT2D eigenvalue weighted by atomic mass is 79.9. The second kappa shape index (κ2) is 5.80. The predicted octanol–water partition coefficient (Wildman–Crippen LogP) is 2.62. The molecular weight excluding hydrogens is 266 g/mol. The number of hydrogen-bond acceptors (Lipinski definition) is 2. The molecule has 1 heterocycles. The van der Waals surface area contributed by atoms with Crippen molar-refractivity contribution < 1.29 is 4.74 Å². The van der Waals surface area contributed by atoms with Crippen LogP contribution >= 0.6 is 15.9 Å². The van der Waals surface area contributed by atoms with Gasteiger partial charge in [0.1, 0.15) is 0 Å². The van der Waals surface area contributed by atoms with E-state index < -0.39 is 0 Å². The lowest BCUT2D eigenvalue weighted by Crippen LogP contribution is -2.41. The van der Waals surface area contributed by atoms with E-state index in [1.54, 1.807) is 0 Å². The molecule has 0 aliphatic carbocycles. The van der Waals surface area contributed by atoms with Gasteiger partial charge in [-0.25, -0.2) is 0 Å². The molecule has 1 aliphatic heterocycles. The van der Waals surface area contributed by atoms with E-state index in [4.69, 9.17) is 4.74 Å². The second-order valence-electron chi connectivity index (χ2n) is 4.35. The third-order valence-corrected chi connectivity index (χ3v) is 3.78. The topological polar surface area (TPSA) is 21.3 Å². The zero-order valence-electron chi connectivity index (χ0n) is 9.58. The minimum absolute atomic E-state index is 0.595. The highest BCUT2D eigenvalue weighted by molar-refractivity contribution is 9.10. The molecule has 2 rings (SSSR count). The quantitative estimate of drug-likeness (QED) is 0.921. The monoisotopic (exact) mass is 283 g/mol. The number of benzene rings is 1. The smallest absolute Gasteiger partial charge is 0.0512 e. The Morgan fingerprint density at radius 3 is 2.81 bits per heavy atom. The molecule has 0 aromatic heterocycles. The Balaban J connectivity index is 1.99. The van der Waals surface area contributed by atoms with Crippen molar-refractivity contribution in [2.75, 3.05) is 20.3 Å². The lowest BCUT2D eigenvalue weighted by Gasteiger charge is -2.31. The van der Waals surface area contributed by atoms with Crippen molar-refractivity contribution in [1.82, 2.24) is 5.32 Å². The minimum Gasteiger partial charge on any atom is -0.381 e. The van der Waals surface area contributed by atoms with Gasteiger partial charge in [0.2, 0.25) is 0 Å². The molecule has 88 valence electrons. The lowest BCUT2D eigenvalue weighted by molar-refractivity contribution is 0.0342. The molecule has 1 aromatic rings. The van der Waals surface area contributed by atoms with E-state index in [0.717, 1.165) is 30.5 Å². The Morgan fingerprint density at radius 2 is 2.12 bits per heavy atom. The molecule has 2 nitrogen and oxygen atoms in total. The first-order chi connectivity index (χ1) is 7.79. The highest BCUT2D eigenvalue weighted by Gasteiger charge is 2.24. The maximum atomic E-state index is 5.56. The number of hydrogen-bond donors (Lipinski definition) is 1. The summed E-state index contributed by atoms with van der Waals surface area (Å²) in [4.78, 5) is 0. The van der Waals surface area contributed by atoms with Gasteiger partial charge in [-0.15, -0.1) is 0 Å². The van der Waals surface area contributed by atoms with Gasteiger partial charge in [0.05, 0.1) is 6.61 Å². The molecule has 0 saturated carbocycles. The van der Waals surface area contributed by atoms with Crippen molar-refractivity contribution in [2.24, 2.45) is 5.92 Å². The molecule has 0 bridgehead atoms. The van der Waals surface area contributed by atoms with Crippen LogP contribution < -0.4 is 5.32 Å². The van der Waals surface area contributed by atoms with Gasteiger partial charge in [-0.2, -0.15) is 0 Å². The third kappa shape index (κ3) is 3.06. The molecule has 1 saturated heterocycles. The first-order valence-electron chi connectivity index (χ1n) is 5.79. The SMILES string of the molecule is CN[C@@H]1CCOC[C@@H]1Cc1ccc(Br)cc1. The standard InChI is InChI=1S/C13H18BrNO/c1-15-13-6-7-16-9-11(13)8-10-2-4-12(14)5-3-10/h2-5,11,13,15H,6-9H2,1H3/t11-,13+/m0/s1. The van der Waals surface area contributed by atoms with Gasteiger partial charge >= 0.3 is 0 Å². The molecule has 1 aromatic carbocycles. The zero-order valence-corrected chi connectivity index (χ0v) is 11.2. The summed E-state index contributed by atoms with van der Waals surface area (Å²) in [5, 5.41) is 3.40. The van der Waals surface area contributed by atoms with Crippen molar-refractivity contribution in [2.45, 2.75) is 18.9 Å². The van der Waals surface area contributed by atoms with Crippen LogP contribution in [0.25, 0.3) is 0 Å². The average molecular weight is 284 g/mol. The van der Waals surface area contributed by atoms with E-state index in [9.17, 15) is 0 Å². The van der Waals surface area contributed by atoms with E-state index in [1.807, 2.05) is 7.05 Å². The van der Waals surface area contributed by atoms with E-state index >= 15 is 0 Å². The summed E-state index contributed by atoms with van der Waals surface area (Å²) in [6.45, 7) is 1.77. The minimum atomic E-state index is 0.595. The summed E-state index contributed by atoms with van der Waals surface area (Å²) in [6, 6.07) is 9.18. The van der Waals surface area contributed by atoms with Crippen LogP contribution in [0.3, 0.4) is 0 Å². The van der Waals surface area contributed by atoms with Gasteiger partial charge in [-0.1, -0.05) is 28.1 Å². The number of ether oxygens (including phenoxy) is 1. The Morgan fingerprint density at radius 1 is 1.38 bits per heavy atom. The van der Waals surface area contributed by atoms with Gasteiger partial charge in [0.15, 0.2) is 0 Å². The number of nitrogens with one attached hydrogen (secondary N) is 1. The van der Waals surface area contributed by atoms with Gasteiger partial charge in [0.25, 0.3) is 0 Å². The van der Waals surface area contributed by atoms with Crippen molar-refractivity contribution in [1.29, 1.82) is 0 Å². The Kier molecular flexibility index (Phi) is 4.38. The summed E-state index contributed by atoms with van der Waals surface area (Å²) in [5.41, 5.74) is 1.39. The van der Waals surface area contributed by atoms with Crippen LogP contribution in [0.5, 0.6) is 0 Å². The number of rotatable bonds is 3. The molecular formula is C13H18BrNO. The van der Waals surface area contributed by atoms with Crippen LogP contribution in [0.4, 0.5) is 0 Å². The molecule has 1 N–H and O–H groups in total. The van der Waals surface area contributed by atoms with Crippen molar-refractivity contribution in [3.63, 3.8) is 0 Å². The van der Waals surface area contributed by atoms with Crippen LogP contribution in [0.1, 0.15) is 12.0 Å². The van der Waals surface area contributed by atoms with Crippen LogP contribution in [-0.2, 0) is 11.2 Å². The molecule has 2 atom stereocenters. The van der Waals surface area contributed by atoms with Crippen molar-refractivity contribution in [3.05, 3.63) is 34.3 Å². The molecule has 0 unspecified atom stereocenters. The molecule has 1 fully saturated rings. The van der Waals surface area contributed by atoms with Crippen molar-refractivity contribution in [3.8, 4) is 0 Å². The molecule has 3 heteroatoms. The predicted molar refractivity (Wildman–Crippen MR) is 69.6 cm³/mol. The zero-order chi connectivity index (χ0) is 11.4. The maximum Gasteiger partial charge on any atom is 0.0512 e. The van der Waals surface area contributed by atoms with Gasteiger partial charge in [-0.05, 0) is 37.6 Å². The van der Waals surface area contributed by atoms with E-state index in [0.29, 0.717) is 12.0 Å². The Labute approximate surface area is 106 Å². The van der Waals surface area contributed by atoms with Crippen LogP contribution in [0.15, 0.2) is 28.7 Å². The summed E-state index contributed by atoms with van der Waals surface area (Å²) in [7, 11) is 2.05. The Hall–Kier alpha value is -0.380. The Bertz CT molecular complexity index is 325. The first kappa shape index (κ1) is 12.1. The highest BCUT2D eigenvalue weighted by Crippen LogP contribution is 2.20. The lowest BCUT2D eigenvalue weighted by atomic mass is 9.89. The van der Waals surface area contributed by atoms with Gasteiger partial charge in [0, 0.05) is 23.0 Å². The number of halogens is 1. The van der Waals surface area contributed by atoms with Gasteiger partial charge < -0.3 is 10.1 Å². The summed E-state index contributed by atoms with van der Waals surface area (Å²) in [5.74, 6) is 0.597. The fourth-order valence-corrected chi connectivity index (χ4v) is 2.57. The molecule has 1 aliphatic rings. The summed E-state index contributed by atoms with van der Waals surface area (Å²) < 4.78 is 6.70. The maximum absolute atomic E-state index is 5.56.